The number of benzene rings is 2. The van der Waals surface area contributed by atoms with Crippen molar-refractivity contribution in [1.29, 1.82) is 0 Å². The summed E-state index contributed by atoms with van der Waals surface area (Å²) in [5.74, 6) is 1.25. The Balaban J connectivity index is 1.49. The van der Waals surface area contributed by atoms with E-state index in [-0.39, 0.29) is 11.5 Å². The van der Waals surface area contributed by atoms with Gasteiger partial charge in [0.15, 0.2) is 0 Å². The van der Waals surface area contributed by atoms with Gasteiger partial charge < -0.3 is 4.74 Å². The lowest BCUT2D eigenvalue weighted by Crippen LogP contribution is -2.22. The van der Waals surface area contributed by atoms with E-state index in [1.165, 1.54) is 0 Å². The maximum absolute atomic E-state index is 12.5. The number of fused-ring (bicyclic) bond motifs is 2. The number of nitrogens with zero attached hydrogens (tertiary/aromatic N) is 3. The van der Waals surface area contributed by atoms with Gasteiger partial charge in [-0.1, -0.05) is 12.1 Å². The van der Waals surface area contributed by atoms with Crippen LogP contribution in [0.5, 0.6) is 5.75 Å². The van der Waals surface area contributed by atoms with Crippen LogP contribution in [0.1, 0.15) is 35.1 Å². The van der Waals surface area contributed by atoms with Gasteiger partial charge in [0.1, 0.15) is 11.6 Å². The van der Waals surface area contributed by atoms with Crippen molar-refractivity contribution in [3.05, 3.63) is 69.8 Å². The van der Waals surface area contributed by atoms with Crippen molar-refractivity contribution in [3.8, 4) is 5.75 Å². The Morgan fingerprint density at radius 3 is 2.79 bits per heavy atom. The summed E-state index contributed by atoms with van der Waals surface area (Å²) >= 11 is 0. The molecule has 0 saturated carbocycles. The van der Waals surface area contributed by atoms with Crippen molar-refractivity contribution < 1.29 is 9.53 Å². The number of ether oxygens (including phenoxy) is 1. The van der Waals surface area contributed by atoms with Crippen LogP contribution in [0.25, 0.3) is 10.9 Å². The molecule has 0 aliphatic carbocycles. The van der Waals surface area contributed by atoms with Gasteiger partial charge in [-0.05, 0) is 49.2 Å². The molecule has 29 heavy (non-hydrogen) atoms. The van der Waals surface area contributed by atoms with Crippen molar-refractivity contribution >= 4 is 22.5 Å². The summed E-state index contributed by atoms with van der Waals surface area (Å²) in [5.41, 5.74) is 5.37. The van der Waals surface area contributed by atoms with Gasteiger partial charge in [-0.3, -0.25) is 14.2 Å². The van der Waals surface area contributed by atoms with Crippen LogP contribution in [0.4, 0.5) is 0 Å². The lowest BCUT2D eigenvalue weighted by atomic mass is 10.1. The zero-order valence-corrected chi connectivity index (χ0v) is 16.4. The number of hydrazone groups is 1. The van der Waals surface area contributed by atoms with Crippen molar-refractivity contribution in [2.75, 3.05) is 7.11 Å². The highest BCUT2D eigenvalue weighted by Crippen LogP contribution is 2.16. The average Bonchev–Trinajstić information content (AvgIpc) is 3.21. The third-order valence-corrected chi connectivity index (χ3v) is 5.05. The molecule has 0 unspecified atom stereocenters. The zero-order chi connectivity index (χ0) is 20.4. The largest absolute Gasteiger partial charge is 0.497 e. The quantitative estimate of drug-likeness (QED) is 0.536. The summed E-state index contributed by atoms with van der Waals surface area (Å²) in [6, 6.07) is 12.7. The maximum Gasteiger partial charge on any atom is 0.271 e. The molecule has 0 atom stereocenters. The van der Waals surface area contributed by atoms with Gasteiger partial charge in [-0.2, -0.15) is 5.10 Å². The fourth-order valence-corrected chi connectivity index (χ4v) is 3.51. The van der Waals surface area contributed by atoms with Crippen molar-refractivity contribution in [2.45, 2.75) is 32.7 Å². The molecular formula is C22H22N4O3. The van der Waals surface area contributed by atoms with E-state index in [0.29, 0.717) is 29.4 Å². The molecule has 1 aliphatic rings. The Hall–Kier alpha value is -3.48. The van der Waals surface area contributed by atoms with E-state index in [1.807, 2.05) is 31.2 Å². The van der Waals surface area contributed by atoms with Crippen molar-refractivity contribution in [2.24, 2.45) is 5.10 Å². The van der Waals surface area contributed by atoms with Gasteiger partial charge in [0.05, 0.1) is 18.0 Å². The number of hydrogen-bond donors (Lipinski definition) is 1. The molecule has 2 aromatic carbocycles. The molecule has 0 bridgehead atoms. The molecule has 2 heterocycles. The summed E-state index contributed by atoms with van der Waals surface area (Å²) in [6.07, 6.45) is 2.33. The number of methoxy groups -OCH3 is 1. The summed E-state index contributed by atoms with van der Waals surface area (Å²) in [7, 11) is 1.63. The van der Waals surface area contributed by atoms with Crippen LogP contribution < -0.4 is 15.7 Å². The first-order valence-electron chi connectivity index (χ1n) is 9.55. The van der Waals surface area contributed by atoms with Crippen molar-refractivity contribution in [1.82, 2.24) is 15.0 Å². The monoisotopic (exact) mass is 390 g/mol. The summed E-state index contributed by atoms with van der Waals surface area (Å²) in [6.45, 7) is 2.57. The Bertz CT molecular complexity index is 1160. The number of aromatic nitrogens is 2. The van der Waals surface area contributed by atoms with Crippen LogP contribution >= 0.6 is 0 Å². The van der Waals surface area contributed by atoms with E-state index in [9.17, 15) is 9.59 Å². The van der Waals surface area contributed by atoms with E-state index in [2.05, 4.69) is 15.5 Å². The Labute approximate surface area is 168 Å². The van der Waals surface area contributed by atoms with E-state index in [1.54, 1.807) is 29.9 Å². The minimum Gasteiger partial charge on any atom is -0.497 e. The smallest absolute Gasteiger partial charge is 0.271 e. The lowest BCUT2D eigenvalue weighted by molar-refractivity contribution is 0.0955. The van der Waals surface area contributed by atoms with Crippen LogP contribution in [0.2, 0.25) is 0 Å². The maximum atomic E-state index is 12.5. The number of carbonyl (C=O) groups is 1. The van der Waals surface area contributed by atoms with Gasteiger partial charge in [-0.15, -0.1) is 0 Å². The van der Waals surface area contributed by atoms with Gasteiger partial charge in [0.25, 0.3) is 11.5 Å². The van der Waals surface area contributed by atoms with Gasteiger partial charge in [0, 0.05) is 30.7 Å². The topological polar surface area (TPSA) is 85.6 Å². The zero-order valence-electron chi connectivity index (χ0n) is 16.4. The van der Waals surface area contributed by atoms with Crippen LogP contribution in [-0.2, 0) is 19.4 Å². The fourth-order valence-electron chi connectivity index (χ4n) is 3.51. The highest BCUT2D eigenvalue weighted by Gasteiger charge is 2.17. The van der Waals surface area contributed by atoms with Crippen molar-refractivity contribution in [3.63, 3.8) is 0 Å². The lowest BCUT2D eigenvalue weighted by Gasteiger charge is -2.07. The first-order valence-corrected chi connectivity index (χ1v) is 9.55. The number of aryl methyl sites for hydroxylation is 1. The Morgan fingerprint density at radius 2 is 2.03 bits per heavy atom. The SMILES string of the molecule is COc1ccc(C/C(C)=N\NC(=O)c2ccc3c(=O)n4c(nc3c2)CCC4)cc1. The molecule has 1 N–H and O–H groups in total. The standard InChI is InChI=1S/C22H22N4O3/c1-14(12-15-5-8-17(29-2)9-6-15)24-25-21(27)16-7-10-18-19(13-16)23-20-4-3-11-26(20)22(18)28/h5-10,13H,3-4,11-12H2,1-2H3,(H,25,27)/b24-14-. The molecule has 0 radical (unpaired) electrons. The number of amides is 1. The molecule has 1 amide bonds. The van der Waals surface area contributed by atoms with Crippen LogP contribution in [-0.4, -0.2) is 28.3 Å². The predicted molar refractivity (Wildman–Crippen MR) is 112 cm³/mol. The summed E-state index contributed by atoms with van der Waals surface area (Å²) in [4.78, 5) is 29.6. The molecule has 1 aromatic heterocycles. The average molecular weight is 390 g/mol. The molecule has 1 aliphatic heterocycles. The van der Waals surface area contributed by atoms with Crippen LogP contribution in [0.3, 0.4) is 0 Å². The second-order valence-electron chi connectivity index (χ2n) is 7.13. The third kappa shape index (κ3) is 3.89. The molecule has 0 spiro atoms. The Kier molecular flexibility index (Phi) is 5.12. The Morgan fingerprint density at radius 1 is 1.24 bits per heavy atom. The second kappa shape index (κ2) is 7.87. The molecule has 7 nitrogen and oxygen atoms in total. The van der Waals surface area contributed by atoms with E-state index < -0.39 is 0 Å². The highest BCUT2D eigenvalue weighted by molar-refractivity contribution is 5.98. The van der Waals surface area contributed by atoms with E-state index in [4.69, 9.17) is 4.74 Å². The minimum atomic E-state index is -0.330. The molecule has 7 heteroatoms. The van der Waals surface area contributed by atoms with E-state index in [0.717, 1.165) is 35.7 Å². The predicted octanol–water partition coefficient (Wildman–Crippen LogP) is 2.70. The van der Waals surface area contributed by atoms with Crippen LogP contribution in [0.15, 0.2) is 52.4 Å². The van der Waals surface area contributed by atoms with Gasteiger partial charge >= 0.3 is 0 Å². The minimum absolute atomic E-state index is 0.0391. The van der Waals surface area contributed by atoms with Gasteiger partial charge in [-0.25, -0.2) is 10.4 Å². The van der Waals surface area contributed by atoms with E-state index >= 15 is 0 Å². The molecule has 4 rings (SSSR count). The molecule has 148 valence electrons. The first-order chi connectivity index (χ1) is 14.0. The number of hydrogen-bond acceptors (Lipinski definition) is 5. The number of carbonyl (C=O) groups excluding carboxylic acids is 1. The normalized spacial score (nSPS) is 13.4. The molecular weight excluding hydrogens is 368 g/mol. The van der Waals surface area contributed by atoms with Crippen LogP contribution in [0, 0.1) is 0 Å². The molecule has 0 saturated heterocycles. The first kappa shape index (κ1) is 18.9. The molecule has 0 fully saturated rings. The highest BCUT2D eigenvalue weighted by atomic mass is 16.5. The second-order valence-corrected chi connectivity index (χ2v) is 7.13. The summed E-state index contributed by atoms with van der Waals surface area (Å²) < 4.78 is 6.87. The fraction of sp³-hybridized carbons (Fsp3) is 0.273. The number of nitrogens with one attached hydrogen (secondary N) is 1. The van der Waals surface area contributed by atoms with Gasteiger partial charge in [0.2, 0.25) is 0 Å². The molecule has 3 aromatic rings. The summed E-state index contributed by atoms with van der Waals surface area (Å²) in [5, 5.41) is 4.73. The number of rotatable bonds is 5. The third-order valence-electron chi connectivity index (χ3n) is 5.05.